The van der Waals surface area contributed by atoms with Crippen LogP contribution in [0.2, 0.25) is 0 Å². The van der Waals surface area contributed by atoms with Gasteiger partial charge >= 0.3 is 0 Å². The van der Waals surface area contributed by atoms with Crippen molar-refractivity contribution in [1.29, 1.82) is 0 Å². The molecule has 2 saturated carbocycles. The Morgan fingerprint density at radius 1 is 0.800 bits per heavy atom. The highest BCUT2D eigenvalue weighted by Crippen LogP contribution is 2.49. The molecule has 0 nitrogen and oxygen atoms in total. The van der Waals surface area contributed by atoms with Crippen molar-refractivity contribution in [1.82, 2.24) is 0 Å². The van der Waals surface area contributed by atoms with Gasteiger partial charge in [0.25, 0.3) is 0 Å². The molecule has 0 bridgehead atoms. The van der Waals surface area contributed by atoms with E-state index in [1.54, 1.807) is 12.1 Å². The van der Waals surface area contributed by atoms with E-state index in [9.17, 15) is 8.78 Å². The van der Waals surface area contributed by atoms with Gasteiger partial charge in [-0.2, -0.15) is 0 Å². The van der Waals surface area contributed by atoms with Gasteiger partial charge in [-0.1, -0.05) is 48.9 Å². The summed E-state index contributed by atoms with van der Waals surface area (Å²) in [5, 5.41) is 0. The highest BCUT2D eigenvalue weighted by Gasteiger charge is 2.37. The predicted molar refractivity (Wildman–Crippen MR) is 135 cm³/mol. The number of aryl methyl sites for hydroxylation is 1. The third-order valence-electron chi connectivity index (χ3n) is 8.32. The van der Waals surface area contributed by atoms with Crippen LogP contribution in [-0.2, 0) is 6.42 Å². The standard InChI is InChI=1S/C31H36F4/c1-3-5-7-8-20-10-11-23-19-24(13-12-22(23)18-20)25-16-17-27(31(35)29(25)33)26-15-14-21(9-6-4-2)28(32)30(26)34/h3-5,14-17,20,22-24H,2,6-13,18-19H2,1H3/b5-3+. The summed E-state index contributed by atoms with van der Waals surface area (Å²) in [5.74, 6) is -2.16. The fourth-order valence-electron chi connectivity index (χ4n) is 6.37. The Kier molecular flexibility index (Phi) is 8.51. The van der Waals surface area contributed by atoms with E-state index in [1.165, 1.54) is 37.5 Å². The van der Waals surface area contributed by atoms with E-state index in [4.69, 9.17) is 0 Å². The third-order valence-corrected chi connectivity index (χ3v) is 8.32. The fraction of sp³-hybridized carbons (Fsp3) is 0.484. The molecule has 0 N–H and O–H groups in total. The van der Waals surface area contributed by atoms with E-state index in [0.717, 1.165) is 38.0 Å². The van der Waals surface area contributed by atoms with Gasteiger partial charge in [0.2, 0.25) is 0 Å². The number of hydrogen-bond acceptors (Lipinski definition) is 0. The van der Waals surface area contributed by atoms with Crippen molar-refractivity contribution in [3.05, 3.63) is 83.5 Å². The normalized spacial score (nSPS) is 24.5. The summed E-state index contributed by atoms with van der Waals surface area (Å²) in [6.45, 7) is 5.65. The topological polar surface area (TPSA) is 0 Å². The minimum absolute atomic E-state index is 0.0257. The lowest BCUT2D eigenvalue weighted by Gasteiger charge is -2.42. The molecular formula is C31H36F4. The summed E-state index contributed by atoms with van der Waals surface area (Å²) in [5.41, 5.74) is 0.112. The Labute approximate surface area is 207 Å². The van der Waals surface area contributed by atoms with Crippen molar-refractivity contribution in [2.24, 2.45) is 17.8 Å². The van der Waals surface area contributed by atoms with E-state index >= 15 is 8.78 Å². The van der Waals surface area contributed by atoms with E-state index < -0.39 is 23.3 Å². The number of halogens is 4. The van der Waals surface area contributed by atoms with Crippen LogP contribution in [0, 0.1) is 41.0 Å². The molecule has 4 atom stereocenters. The highest BCUT2D eigenvalue weighted by atomic mass is 19.2. The van der Waals surface area contributed by atoms with Gasteiger partial charge in [-0.25, -0.2) is 17.6 Å². The third kappa shape index (κ3) is 5.57. The molecule has 0 heterocycles. The van der Waals surface area contributed by atoms with Crippen molar-refractivity contribution < 1.29 is 17.6 Å². The molecule has 2 aliphatic rings. The van der Waals surface area contributed by atoms with Crippen molar-refractivity contribution in [2.45, 2.75) is 77.0 Å². The van der Waals surface area contributed by atoms with Crippen LogP contribution in [0.15, 0.2) is 49.1 Å². The molecule has 0 saturated heterocycles. The molecule has 0 spiro atoms. The molecule has 2 fully saturated rings. The zero-order chi connectivity index (χ0) is 24.9. The van der Waals surface area contributed by atoms with Crippen LogP contribution in [0.3, 0.4) is 0 Å². The number of fused-ring (bicyclic) bond motifs is 1. The highest BCUT2D eigenvalue weighted by molar-refractivity contribution is 5.66. The second kappa shape index (κ2) is 11.6. The summed E-state index contributed by atoms with van der Waals surface area (Å²) in [6.07, 6.45) is 15.6. The van der Waals surface area contributed by atoms with Crippen molar-refractivity contribution in [3.8, 4) is 11.1 Å². The number of rotatable bonds is 8. The lowest BCUT2D eigenvalue weighted by atomic mass is 9.63. The quantitative estimate of drug-likeness (QED) is 0.258. The molecule has 2 aliphatic carbocycles. The summed E-state index contributed by atoms with van der Waals surface area (Å²) < 4.78 is 59.7. The fourth-order valence-corrected chi connectivity index (χ4v) is 6.37. The second-order valence-corrected chi connectivity index (χ2v) is 10.4. The first kappa shape index (κ1) is 25.7. The van der Waals surface area contributed by atoms with E-state index in [-0.39, 0.29) is 22.6 Å². The van der Waals surface area contributed by atoms with Crippen molar-refractivity contribution in [2.75, 3.05) is 0 Å². The molecule has 4 unspecified atom stereocenters. The van der Waals surface area contributed by atoms with Crippen LogP contribution >= 0.6 is 0 Å². The number of benzene rings is 2. The summed E-state index contributed by atoms with van der Waals surface area (Å²) in [7, 11) is 0. The van der Waals surface area contributed by atoms with Crippen LogP contribution in [0.4, 0.5) is 17.6 Å². The molecule has 0 aliphatic heterocycles. The minimum atomic E-state index is -1.13. The average molecular weight is 485 g/mol. The molecule has 2 aromatic carbocycles. The predicted octanol–water partition coefficient (Wildman–Crippen LogP) is 9.68. The van der Waals surface area contributed by atoms with Crippen LogP contribution in [0.1, 0.15) is 81.8 Å². The maximum Gasteiger partial charge on any atom is 0.167 e. The Morgan fingerprint density at radius 2 is 1.49 bits per heavy atom. The lowest BCUT2D eigenvalue weighted by molar-refractivity contribution is 0.114. The summed E-state index contributed by atoms with van der Waals surface area (Å²) in [6, 6.07) is 5.79. The zero-order valence-electron chi connectivity index (χ0n) is 20.6. The van der Waals surface area contributed by atoms with Gasteiger partial charge in [-0.3, -0.25) is 0 Å². The second-order valence-electron chi connectivity index (χ2n) is 10.4. The van der Waals surface area contributed by atoms with Gasteiger partial charge in [-0.15, -0.1) is 6.58 Å². The molecule has 4 rings (SSSR count). The number of allylic oxidation sites excluding steroid dienone is 3. The van der Waals surface area contributed by atoms with Crippen molar-refractivity contribution >= 4 is 0 Å². The summed E-state index contributed by atoms with van der Waals surface area (Å²) in [4.78, 5) is 0. The molecular weight excluding hydrogens is 448 g/mol. The molecule has 0 aromatic heterocycles. The molecule has 35 heavy (non-hydrogen) atoms. The number of hydrogen-bond donors (Lipinski definition) is 0. The summed E-state index contributed by atoms with van der Waals surface area (Å²) >= 11 is 0. The maximum atomic E-state index is 15.3. The Balaban J connectivity index is 1.49. The first-order valence-corrected chi connectivity index (χ1v) is 13.1. The molecule has 4 heteroatoms. The molecule has 0 radical (unpaired) electrons. The smallest absolute Gasteiger partial charge is 0.167 e. The van der Waals surface area contributed by atoms with Gasteiger partial charge < -0.3 is 0 Å². The zero-order valence-corrected chi connectivity index (χ0v) is 20.6. The Hall–Kier alpha value is -2.36. The SMILES string of the molecule is C=CCCc1ccc(-c2ccc(C3CCC4CC(CC/C=C/C)CCC4C3)c(F)c2F)c(F)c1F. The Bertz CT molecular complexity index is 1070. The maximum absolute atomic E-state index is 15.3. The average Bonchev–Trinajstić information content (AvgIpc) is 2.87. The molecule has 0 amide bonds. The van der Waals surface area contributed by atoms with E-state index in [2.05, 4.69) is 25.7 Å². The minimum Gasteiger partial charge on any atom is -0.203 e. The van der Waals surface area contributed by atoms with Crippen LogP contribution in [0.25, 0.3) is 11.1 Å². The molecule has 188 valence electrons. The van der Waals surface area contributed by atoms with Crippen LogP contribution in [-0.4, -0.2) is 0 Å². The first-order valence-electron chi connectivity index (χ1n) is 13.1. The Morgan fingerprint density at radius 3 is 2.23 bits per heavy atom. The van der Waals surface area contributed by atoms with Crippen molar-refractivity contribution in [3.63, 3.8) is 0 Å². The first-order chi connectivity index (χ1) is 16.9. The largest absolute Gasteiger partial charge is 0.203 e. The van der Waals surface area contributed by atoms with Gasteiger partial charge in [0.1, 0.15) is 0 Å². The van der Waals surface area contributed by atoms with Gasteiger partial charge in [0, 0.05) is 11.1 Å². The van der Waals surface area contributed by atoms with E-state index in [1.807, 2.05) is 0 Å². The van der Waals surface area contributed by atoms with Crippen LogP contribution in [0.5, 0.6) is 0 Å². The lowest BCUT2D eigenvalue weighted by Crippen LogP contribution is -2.30. The van der Waals surface area contributed by atoms with E-state index in [0.29, 0.717) is 30.2 Å². The van der Waals surface area contributed by atoms with Crippen LogP contribution < -0.4 is 0 Å². The van der Waals surface area contributed by atoms with Gasteiger partial charge in [-0.05, 0) is 99.5 Å². The molecule has 2 aromatic rings. The monoisotopic (exact) mass is 484 g/mol. The van der Waals surface area contributed by atoms with Gasteiger partial charge in [0.05, 0.1) is 0 Å². The van der Waals surface area contributed by atoms with Gasteiger partial charge in [0.15, 0.2) is 23.3 Å².